The van der Waals surface area contributed by atoms with E-state index in [9.17, 15) is 4.79 Å². The maximum atomic E-state index is 12.9. The number of likely N-dealkylation sites (N-methyl/N-ethyl adjacent to an activating group) is 1. The molecule has 0 unspecified atom stereocenters. The highest BCUT2D eigenvalue weighted by Gasteiger charge is 2.23. The van der Waals surface area contributed by atoms with Crippen LogP contribution in [0.5, 0.6) is 5.75 Å². The zero-order valence-electron chi connectivity index (χ0n) is 14.7. The Morgan fingerprint density at radius 1 is 1.28 bits per heavy atom. The van der Waals surface area contributed by atoms with Gasteiger partial charge in [0.1, 0.15) is 17.3 Å². The van der Waals surface area contributed by atoms with Gasteiger partial charge in [-0.05, 0) is 30.2 Å². The van der Waals surface area contributed by atoms with E-state index < -0.39 is 0 Å². The number of rotatable bonds is 6. The average Bonchev–Trinajstić information content (AvgIpc) is 3.17. The van der Waals surface area contributed by atoms with Crippen LogP contribution >= 0.6 is 0 Å². The van der Waals surface area contributed by atoms with Crippen LogP contribution in [-0.2, 0) is 11.3 Å². The Morgan fingerprint density at radius 3 is 2.80 bits per heavy atom. The number of benzene rings is 1. The molecule has 25 heavy (non-hydrogen) atoms. The van der Waals surface area contributed by atoms with Crippen LogP contribution in [0.2, 0.25) is 0 Å². The van der Waals surface area contributed by atoms with Gasteiger partial charge in [-0.3, -0.25) is 14.5 Å². The molecule has 0 aliphatic rings. The molecule has 0 N–H and O–H groups in total. The number of ether oxygens (including phenoxy) is 1. The molecule has 0 spiro atoms. The van der Waals surface area contributed by atoms with Crippen molar-refractivity contribution in [2.75, 3.05) is 14.2 Å². The molecule has 3 rings (SSSR count). The Labute approximate surface area is 147 Å². The number of aromatic nitrogens is 3. The summed E-state index contributed by atoms with van der Waals surface area (Å²) in [5.74, 6) is 0.773. The van der Waals surface area contributed by atoms with Gasteiger partial charge in [0, 0.05) is 37.6 Å². The highest BCUT2D eigenvalue weighted by molar-refractivity contribution is 5.88. The standard InChI is InChI=1S/C19H22N4O2/c1-4-16(23-12-6-11-21-23)19(24)22(2)13-14-8-9-17(25-3)18-15(14)7-5-10-20-18/h5-12,16H,4,13H2,1-3H3/t16-/m0/s1. The van der Waals surface area contributed by atoms with Gasteiger partial charge in [0.25, 0.3) is 0 Å². The summed E-state index contributed by atoms with van der Waals surface area (Å²) in [5.41, 5.74) is 1.84. The second kappa shape index (κ2) is 7.34. The van der Waals surface area contributed by atoms with E-state index in [0.29, 0.717) is 13.0 Å². The van der Waals surface area contributed by atoms with E-state index in [0.717, 1.165) is 22.2 Å². The smallest absolute Gasteiger partial charge is 0.247 e. The minimum atomic E-state index is -0.289. The van der Waals surface area contributed by atoms with Crippen LogP contribution in [0.4, 0.5) is 0 Å². The molecule has 2 heterocycles. The third-order valence-electron chi connectivity index (χ3n) is 4.34. The molecule has 130 valence electrons. The van der Waals surface area contributed by atoms with Crippen molar-refractivity contribution >= 4 is 16.8 Å². The zero-order valence-corrected chi connectivity index (χ0v) is 14.7. The van der Waals surface area contributed by atoms with Crippen molar-refractivity contribution < 1.29 is 9.53 Å². The molecule has 6 heteroatoms. The van der Waals surface area contributed by atoms with E-state index in [1.54, 1.807) is 29.1 Å². The number of methoxy groups -OCH3 is 1. The first kappa shape index (κ1) is 17.0. The van der Waals surface area contributed by atoms with Crippen molar-refractivity contribution in [3.8, 4) is 5.75 Å². The minimum absolute atomic E-state index is 0.0408. The molecule has 0 radical (unpaired) electrons. The maximum absolute atomic E-state index is 12.9. The molecule has 2 aromatic heterocycles. The molecular formula is C19H22N4O2. The molecule has 0 bridgehead atoms. The number of hydrogen-bond acceptors (Lipinski definition) is 4. The lowest BCUT2D eigenvalue weighted by Crippen LogP contribution is -2.34. The molecule has 6 nitrogen and oxygen atoms in total. The van der Waals surface area contributed by atoms with Gasteiger partial charge >= 0.3 is 0 Å². The number of hydrogen-bond donors (Lipinski definition) is 0. The SMILES string of the molecule is CC[C@@H](C(=O)N(C)Cc1ccc(OC)c2ncccc12)n1cccn1. The summed E-state index contributed by atoms with van der Waals surface area (Å²) in [4.78, 5) is 19.0. The number of nitrogens with zero attached hydrogens (tertiary/aromatic N) is 4. The van der Waals surface area contributed by atoms with Gasteiger partial charge in [-0.2, -0.15) is 5.10 Å². The normalized spacial score (nSPS) is 12.1. The Balaban J connectivity index is 1.87. The second-order valence-corrected chi connectivity index (χ2v) is 5.93. The summed E-state index contributed by atoms with van der Waals surface area (Å²) in [5, 5.41) is 5.21. The fourth-order valence-corrected chi connectivity index (χ4v) is 3.04. The van der Waals surface area contributed by atoms with Crippen molar-refractivity contribution in [3.63, 3.8) is 0 Å². The molecule has 3 aromatic rings. The van der Waals surface area contributed by atoms with Crippen LogP contribution in [0.3, 0.4) is 0 Å². The zero-order chi connectivity index (χ0) is 17.8. The van der Waals surface area contributed by atoms with Crippen LogP contribution in [0.1, 0.15) is 24.9 Å². The maximum Gasteiger partial charge on any atom is 0.247 e. The Hall–Kier alpha value is -2.89. The fourth-order valence-electron chi connectivity index (χ4n) is 3.04. The van der Waals surface area contributed by atoms with Crippen molar-refractivity contribution in [3.05, 3.63) is 54.5 Å². The molecule has 0 saturated heterocycles. The molecule has 0 aliphatic heterocycles. The van der Waals surface area contributed by atoms with E-state index in [-0.39, 0.29) is 11.9 Å². The van der Waals surface area contributed by atoms with Crippen LogP contribution < -0.4 is 4.74 Å². The number of amides is 1. The van der Waals surface area contributed by atoms with Crippen LogP contribution in [0.25, 0.3) is 10.9 Å². The summed E-state index contributed by atoms with van der Waals surface area (Å²) in [6, 6.07) is 9.32. The van der Waals surface area contributed by atoms with Crippen LogP contribution in [0, 0.1) is 0 Å². The van der Waals surface area contributed by atoms with Gasteiger partial charge in [-0.1, -0.05) is 19.1 Å². The summed E-state index contributed by atoms with van der Waals surface area (Å²) < 4.78 is 7.10. The van der Waals surface area contributed by atoms with E-state index >= 15 is 0 Å². The lowest BCUT2D eigenvalue weighted by molar-refractivity contribution is -0.134. The number of carbonyl (C=O) groups is 1. The topological polar surface area (TPSA) is 60.3 Å². The summed E-state index contributed by atoms with van der Waals surface area (Å²) in [6.45, 7) is 2.49. The summed E-state index contributed by atoms with van der Waals surface area (Å²) in [6.07, 6.45) is 5.95. The van der Waals surface area contributed by atoms with Gasteiger partial charge < -0.3 is 9.64 Å². The van der Waals surface area contributed by atoms with E-state index in [4.69, 9.17) is 4.74 Å². The van der Waals surface area contributed by atoms with Crippen LogP contribution in [-0.4, -0.2) is 39.7 Å². The number of carbonyl (C=O) groups excluding carboxylic acids is 1. The predicted molar refractivity (Wildman–Crippen MR) is 96.3 cm³/mol. The predicted octanol–water partition coefficient (Wildman–Crippen LogP) is 3.05. The second-order valence-electron chi connectivity index (χ2n) is 5.93. The third-order valence-corrected chi connectivity index (χ3v) is 4.34. The average molecular weight is 338 g/mol. The van der Waals surface area contributed by atoms with Gasteiger partial charge in [-0.25, -0.2) is 0 Å². The van der Waals surface area contributed by atoms with Crippen molar-refractivity contribution in [2.45, 2.75) is 25.9 Å². The molecular weight excluding hydrogens is 316 g/mol. The Bertz CT molecular complexity index is 861. The van der Waals surface area contributed by atoms with Crippen molar-refractivity contribution in [1.29, 1.82) is 0 Å². The lowest BCUT2D eigenvalue weighted by atomic mass is 10.1. The molecule has 0 fully saturated rings. The van der Waals surface area contributed by atoms with E-state index in [1.807, 2.05) is 50.5 Å². The van der Waals surface area contributed by atoms with Crippen molar-refractivity contribution in [2.24, 2.45) is 0 Å². The third kappa shape index (κ3) is 3.33. The molecule has 1 atom stereocenters. The first-order valence-electron chi connectivity index (χ1n) is 8.30. The minimum Gasteiger partial charge on any atom is -0.494 e. The van der Waals surface area contributed by atoms with Gasteiger partial charge in [0.2, 0.25) is 5.91 Å². The van der Waals surface area contributed by atoms with Gasteiger partial charge in [-0.15, -0.1) is 0 Å². The number of pyridine rings is 1. The largest absolute Gasteiger partial charge is 0.494 e. The van der Waals surface area contributed by atoms with E-state index in [1.165, 1.54) is 0 Å². The molecule has 1 amide bonds. The van der Waals surface area contributed by atoms with Crippen LogP contribution in [0.15, 0.2) is 48.9 Å². The fraction of sp³-hybridized carbons (Fsp3) is 0.316. The van der Waals surface area contributed by atoms with E-state index in [2.05, 4.69) is 10.1 Å². The van der Waals surface area contributed by atoms with Gasteiger partial charge in [0.15, 0.2) is 0 Å². The first-order chi connectivity index (χ1) is 12.2. The van der Waals surface area contributed by atoms with Gasteiger partial charge in [0.05, 0.1) is 7.11 Å². The molecule has 1 aromatic carbocycles. The highest BCUT2D eigenvalue weighted by atomic mass is 16.5. The lowest BCUT2D eigenvalue weighted by Gasteiger charge is -2.24. The molecule has 0 saturated carbocycles. The quantitative estimate of drug-likeness (QED) is 0.693. The monoisotopic (exact) mass is 338 g/mol. The first-order valence-corrected chi connectivity index (χ1v) is 8.30. The highest BCUT2D eigenvalue weighted by Crippen LogP contribution is 2.27. The summed E-state index contributed by atoms with van der Waals surface area (Å²) >= 11 is 0. The number of fused-ring (bicyclic) bond motifs is 1. The Morgan fingerprint density at radius 2 is 2.12 bits per heavy atom. The van der Waals surface area contributed by atoms with Crippen molar-refractivity contribution in [1.82, 2.24) is 19.7 Å². The Kier molecular flexibility index (Phi) is 4.97. The molecule has 0 aliphatic carbocycles. The summed E-state index contributed by atoms with van der Waals surface area (Å²) in [7, 11) is 3.45.